The normalized spacial score (nSPS) is 10.3. The molecule has 0 aliphatic heterocycles. The highest BCUT2D eigenvalue weighted by molar-refractivity contribution is 5.85. The summed E-state index contributed by atoms with van der Waals surface area (Å²) < 4.78 is 15.2. The third-order valence-corrected chi connectivity index (χ3v) is 2.77. The van der Waals surface area contributed by atoms with E-state index in [1.54, 1.807) is 26.4 Å². The zero-order chi connectivity index (χ0) is 14.0. The molecular formula is C13H13NO5. The Bertz CT molecular complexity index is 592. The van der Waals surface area contributed by atoms with E-state index in [4.69, 9.17) is 19.1 Å². The SMILES string of the molecule is COc1cc(-c2cc(C(=O)O)on2)cc(OC)c1C. The van der Waals surface area contributed by atoms with Gasteiger partial charge >= 0.3 is 5.97 Å². The second-order valence-corrected chi connectivity index (χ2v) is 3.89. The Morgan fingerprint density at radius 2 is 1.79 bits per heavy atom. The molecule has 19 heavy (non-hydrogen) atoms. The van der Waals surface area contributed by atoms with Crippen LogP contribution < -0.4 is 9.47 Å². The molecule has 0 fully saturated rings. The number of nitrogens with zero attached hydrogens (tertiary/aromatic N) is 1. The molecule has 1 N–H and O–H groups in total. The number of carboxylic acid groups (broad SMARTS) is 1. The molecule has 0 unspecified atom stereocenters. The van der Waals surface area contributed by atoms with Gasteiger partial charge in [-0.25, -0.2) is 4.79 Å². The minimum absolute atomic E-state index is 0.214. The third-order valence-electron chi connectivity index (χ3n) is 2.77. The first-order chi connectivity index (χ1) is 9.06. The summed E-state index contributed by atoms with van der Waals surface area (Å²) in [5.41, 5.74) is 1.93. The number of carbonyl (C=O) groups is 1. The lowest BCUT2D eigenvalue weighted by Gasteiger charge is -2.11. The number of aromatic nitrogens is 1. The molecule has 2 rings (SSSR count). The van der Waals surface area contributed by atoms with Crippen molar-refractivity contribution in [2.45, 2.75) is 6.92 Å². The predicted molar refractivity (Wildman–Crippen MR) is 66.7 cm³/mol. The van der Waals surface area contributed by atoms with Crippen molar-refractivity contribution in [1.82, 2.24) is 5.16 Å². The first-order valence-electron chi connectivity index (χ1n) is 5.49. The standard InChI is InChI=1S/C13H13NO5/c1-7-10(17-2)4-8(5-11(7)18-3)9-6-12(13(15)16)19-14-9/h4-6H,1-3H3,(H,15,16). The average molecular weight is 263 g/mol. The maximum absolute atomic E-state index is 10.8. The van der Waals surface area contributed by atoms with E-state index in [2.05, 4.69) is 5.16 Å². The van der Waals surface area contributed by atoms with Gasteiger partial charge < -0.3 is 19.1 Å². The van der Waals surface area contributed by atoms with E-state index < -0.39 is 5.97 Å². The van der Waals surface area contributed by atoms with E-state index in [0.717, 1.165) is 5.56 Å². The summed E-state index contributed by atoms with van der Waals surface area (Å²) in [7, 11) is 3.11. The van der Waals surface area contributed by atoms with Crippen LogP contribution in [-0.2, 0) is 0 Å². The summed E-state index contributed by atoms with van der Waals surface area (Å²) in [6.07, 6.45) is 0. The molecule has 0 aliphatic rings. The molecule has 0 atom stereocenters. The van der Waals surface area contributed by atoms with Gasteiger partial charge in [0.05, 0.1) is 14.2 Å². The predicted octanol–water partition coefficient (Wildman–Crippen LogP) is 2.37. The van der Waals surface area contributed by atoms with Gasteiger partial charge in [0.25, 0.3) is 0 Å². The van der Waals surface area contributed by atoms with Crippen molar-refractivity contribution < 1.29 is 23.9 Å². The van der Waals surface area contributed by atoms with Crippen molar-refractivity contribution in [3.05, 3.63) is 29.5 Å². The van der Waals surface area contributed by atoms with Crippen LogP contribution in [0.25, 0.3) is 11.3 Å². The van der Waals surface area contributed by atoms with Crippen LogP contribution in [0.5, 0.6) is 11.5 Å². The van der Waals surface area contributed by atoms with E-state index in [1.165, 1.54) is 6.07 Å². The van der Waals surface area contributed by atoms with Crippen LogP contribution in [0.2, 0.25) is 0 Å². The van der Waals surface area contributed by atoms with Gasteiger partial charge in [-0.05, 0) is 19.1 Å². The molecule has 100 valence electrons. The van der Waals surface area contributed by atoms with Crippen molar-refractivity contribution >= 4 is 5.97 Å². The Kier molecular flexibility index (Phi) is 3.41. The van der Waals surface area contributed by atoms with E-state index >= 15 is 0 Å². The summed E-state index contributed by atoms with van der Waals surface area (Å²) in [6.45, 7) is 1.87. The van der Waals surface area contributed by atoms with Gasteiger partial charge in [0.2, 0.25) is 5.76 Å². The summed E-state index contributed by atoms with van der Waals surface area (Å²) in [5.74, 6) is -0.109. The van der Waals surface area contributed by atoms with Crippen LogP contribution in [0.3, 0.4) is 0 Å². The van der Waals surface area contributed by atoms with Gasteiger partial charge in [-0.3, -0.25) is 0 Å². The number of aromatic carboxylic acids is 1. The summed E-state index contributed by atoms with van der Waals surface area (Å²) >= 11 is 0. The smallest absolute Gasteiger partial charge is 0.374 e. The number of carboxylic acids is 1. The molecule has 1 heterocycles. The molecule has 1 aromatic carbocycles. The molecular weight excluding hydrogens is 250 g/mol. The van der Waals surface area contributed by atoms with Crippen LogP contribution in [-0.4, -0.2) is 30.5 Å². The molecule has 6 heteroatoms. The van der Waals surface area contributed by atoms with Crippen molar-refractivity contribution in [3.63, 3.8) is 0 Å². The van der Waals surface area contributed by atoms with Crippen LogP contribution in [0, 0.1) is 6.92 Å². The second kappa shape index (κ2) is 5.01. The van der Waals surface area contributed by atoms with Gasteiger partial charge in [0.15, 0.2) is 0 Å². The third kappa shape index (κ3) is 2.37. The fraction of sp³-hybridized carbons (Fsp3) is 0.231. The quantitative estimate of drug-likeness (QED) is 0.911. The molecule has 0 bridgehead atoms. The number of rotatable bonds is 4. The molecule has 0 saturated heterocycles. The first-order valence-corrected chi connectivity index (χ1v) is 5.49. The lowest BCUT2D eigenvalue weighted by molar-refractivity contribution is 0.0652. The Morgan fingerprint density at radius 3 is 2.21 bits per heavy atom. The molecule has 0 radical (unpaired) electrons. The summed E-state index contributed by atoms with van der Waals surface area (Å²) in [6, 6.07) is 4.86. The zero-order valence-electron chi connectivity index (χ0n) is 10.8. The van der Waals surface area contributed by atoms with Crippen molar-refractivity contribution in [2.24, 2.45) is 0 Å². The highest BCUT2D eigenvalue weighted by Gasteiger charge is 2.15. The van der Waals surface area contributed by atoms with Crippen LogP contribution >= 0.6 is 0 Å². The molecule has 0 saturated carbocycles. The molecule has 1 aromatic heterocycles. The minimum atomic E-state index is -1.16. The Morgan fingerprint density at radius 1 is 1.21 bits per heavy atom. The van der Waals surface area contributed by atoms with Crippen LogP contribution in [0.4, 0.5) is 0 Å². The van der Waals surface area contributed by atoms with E-state index in [9.17, 15) is 4.79 Å². The van der Waals surface area contributed by atoms with Crippen LogP contribution in [0.15, 0.2) is 22.7 Å². The summed E-state index contributed by atoms with van der Waals surface area (Å²) in [5, 5.41) is 12.5. The Hall–Kier alpha value is -2.50. The first kappa shape index (κ1) is 12.9. The van der Waals surface area contributed by atoms with Crippen molar-refractivity contribution in [3.8, 4) is 22.8 Å². The number of benzene rings is 1. The summed E-state index contributed by atoms with van der Waals surface area (Å²) in [4.78, 5) is 10.8. The highest BCUT2D eigenvalue weighted by atomic mass is 16.5. The van der Waals surface area contributed by atoms with E-state index in [0.29, 0.717) is 22.8 Å². The molecule has 2 aromatic rings. The monoisotopic (exact) mass is 263 g/mol. The molecule has 0 aliphatic carbocycles. The Balaban J connectivity index is 2.51. The number of hydrogen-bond donors (Lipinski definition) is 1. The largest absolute Gasteiger partial charge is 0.496 e. The zero-order valence-corrected chi connectivity index (χ0v) is 10.8. The van der Waals surface area contributed by atoms with Crippen molar-refractivity contribution in [2.75, 3.05) is 14.2 Å². The van der Waals surface area contributed by atoms with Gasteiger partial charge in [-0.15, -0.1) is 0 Å². The molecule has 0 spiro atoms. The maximum Gasteiger partial charge on any atom is 0.374 e. The fourth-order valence-electron chi connectivity index (χ4n) is 1.75. The van der Waals surface area contributed by atoms with Gasteiger partial charge in [-0.2, -0.15) is 0 Å². The highest BCUT2D eigenvalue weighted by Crippen LogP contribution is 2.34. The van der Waals surface area contributed by atoms with E-state index in [1.807, 2.05) is 6.92 Å². The van der Waals surface area contributed by atoms with Crippen LogP contribution in [0.1, 0.15) is 16.1 Å². The topological polar surface area (TPSA) is 81.8 Å². The van der Waals surface area contributed by atoms with Gasteiger partial charge in [0, 0.05) is 17.2 Å². The lowest BCUT2D eigenvalue weighted by Crippen LogP contribution is -1.94. The lowest BCUT2D eigenvalue weighted by atomic mass is 10.1. The van der Waals surface area contributed by atoms with Gasteiger partial charge in [0.1, 0.15) is 17.2 Å². The molecule has 6 nitrogen and oxygen atoms in total. The Labute approximate surface area is 109 Å². The maximum atomic E-state index is 10.8. The number of ether oxygens (including phenoxy) is 2. The number of methoxy groups -OCH3 is 2. The average Bonchev–Trinajstić information content (AvgIpc) is 2.89. The van der Waals surface area contributed by atoms with Gasteiger partial charge in [-0.1, -0.05) is 5.16 Å². The van der Waals surface area contributed by atoms with Crippen molar-refractivity contribution in [1.29, 1.82) is 0 Å². The van der Waals surface area contributed by atoms with E-state index in [-0.39, 0.29) is 5.76 Å². The second-order valence-electron chi connectivity index (χ2n) is 3.89. The fourth-order valence-corrected chi connectivity index (χ4v) is 1.75. The molecule has 0 amide bonds. The number of hydrogen-bond acceptors (Lipinski definition) is 5. The minimum Gasteiger partial charge on any atom is -0.496 e.